The molecule has 2 rings (SSSR count). The van der Waals surface area contributed by atoms with E-state index in [-0.39, 0.29) is 10.7 Å². The molecule has 1 aromatic carbocycles. The highest BCUT2D eigenvalue weighted by Crippen LogP contribution is 2.26. The molecule has 0 bridgehead atoms. The molecule has 0 aliphatic heterocycles. The van der Waals surface area contributed by atoms with Crippen LogP contribution >= 0.6 is 11.6 Å². The third-order valence-corrected chi connectivity index (χ3v) is 4.66. The molecule has 0 amide bonds. The van der Waals surface area contributed by atoms with Gasteiger partial charge in [-0.1, -0.05) is 68.6 Å². The number of nitrogens with one attached hydrogen (secondary N) is 1. The molecule has 0 aliphatic rings. The van der Waals surface area contributed by atoms with Crippen LogP contribution in [-0.4, -0.2) is 36.1 Å². The van der Waals surface area contributed by atoms with Gasteiger partial charge in [0.15, 0.2) is 5.15 Å². The number of esters is 1. The van der Waals surface area contributed by atoms with Crippen molar-refractivity contribution in [2.45, 2.75) is 46.1 Å². The van der Waals surface area contributed by atoms with Crippen LogP contribution in [0.3, 0.4) is 0 Å². The topological polar surface area (TPSA) is 67.4 Å². The van der Waals surface area contributed by atoms with Crippen LogP contribution in [0.15, 0.2) is 30.3 Å². The van der Waals surface area contributed by atoms with E-state index in [0.29, 0.717) is 18.3 Å². The minimum atomic E-state index is -0.555. The number of rotatable bonds is 11. The number of unbranched alkanes of at least 4 members (excludes halogenated alkanes) is 2. The average molecular weight is 405 g/mol. The van der Waals surface area contributed by atoms with Crippen molar-refractivity contribution in [1.82, 2.24) is 9.97 Å². The first-order chi connectivity index (χ1) is 13.6. The number of aromatic nitrogens is 2. The van der Waals surface area contributed by atoms with Crippen LogP contribution in [0.1, 0.15) is 55.5 Å². The van der Waals surface area contributed by atoms with Gasteiger partial charge in [0.1, 0.15) is 11.4 Å². The second-order valence-corrected chi connectivity index (χ2v) is 6.92. The molecule has 0 saturated heterocycles. The highest BCUT2D eigenvalue weighted by atomic mass is 35.5. The van der Waals surface area contributed by atoms with Crippen molar-refractivity contribution < 1.29 is 9.53 Å². The molecule has 1 N–H and O–H groups in total. The number of carbonyl (C=O) groups excluding carboxylic acids is 1. The van der Waals surface area contributed by atoms with E-state index in [1.54, 1.807) is 0 Å². The van der Waals surface area contributed by atoms with E-state index in [4.69, 9.17) is 16.3 Å². The average Bonchev–Trinajstić information content (AvgIpc) is 2.72. The van der Waals surface area contributed by atoms with Gasteiger partial charge < -0.3 is 15.0 Å². The minimum absolute atomic E-state index is 0.102. The molecule has 0 radical (unpaired) electrons. The van der Waals surface area contributed by atoms with Crippen LogP contribution in [0.2, 0.25) is 5.15 Å². The second-order valence-electron chi connectivity index (χ2n) is 6.56. The van der Waals surface area contributed by atoms with Gasteiger partial charge in [-0.15, -0.1) is 0 Å². The summed E-state index contributed by atoms with van der Waals surface area (Å²) in [7, 11) is 1.32. The fraction of sp³-hybridized carbons (Fsp3) is 0.476. The minimum Gasteiger partial charge on any atom is -0.465 e. The Hall–Kier alpha value is -2.34. The maximum atomic E-state index is 12.3. The maximum Gasteiger partial charge on any atom is 0.344 e. The summed E-state index contributed by atoms with van der Waals surface area (Å²) in [5.74, 6) is 0.375. The summed E-state index contributed by atoms with van der Waals surface area (Å²) in [5, 5.41) is 3.33. The van der Waals surface area contributed by atoms with E-state index in [9.17, 15) is 4.79 Å². The van der Waals surface area contributed by atoms with Gasteiger partial charge in [0, 0.05) is 19.6 Å². The predicted octanol–water partition coefficient (Wildman–Crippen LogP) is 4.94. The molecule has 1 heterocycles. The molecule has 0 unspecified atom stereocenters. The van der Waals surface area contributed by atoms with Crippen LogP contribution in [0.25, 0.3) is 0 Å². The molecule has 0 atom stereocenters. The highest BCUT2D eigenvalue weighted by molar-refractivity contribution is 6.33. The van der Waals surface area contributed by atoms with Gasteiger partial charge in [-0.2, -0.15) is 9.97 Å². The molecule has 0 spiro atoms. The maximum absolute atomic E-state index is 12.3. The number of anilines is 2. The number of methoxy groups -OCH3 is 1. The Bertz CT molecular complexity index is 748. The van der Waals surface area contributed by atoms with E-state index >= 15 is 0 Å². The molecule has 7 heteroatoms. The smallest absolute Gasteiger partial charge is 0.344 e. The van der Waals surface area contributed by atoms with Gasteiger partial charge >= 0.3 is 5.97 Å². The number of halogens is 1. The van der Waals surface area contributed by atoms with Gasteiger partial charge in [0.2, 0.25) is 5.95 Å². The van der Waals surface area contributed by atoms with Gasteiger partial charge in [0.25, 0.3) is 0 Å². The predicted molar refractivity (Wildman–Crippen MR) is 114 cm³/mol. The Morgan fingerprint density at radius 2 is 1.75 bits per heavy atom. The zero-order chi connectivity index (χ0) is 20.4. The summed E-state index contributed by atoms with van der Waals surface area (Å²) >= 11 is 6.38. The SMILES string of the molecule is CCCCN(CCCC)c1nc(Cl)c(C(=O)OC)c(NCc2ccccc2)n1. The van der Waals surface area contributed by atoms with Crippen LogP contribution in [0, 0.1) is 0 Å². The molecule has 0 aliphatic carbocycles. The van der Waals surface area contributed by atoms with Crippen molar-refractivity contribution in [3.8, 4) is 0 Å². The quantitative estimate of drug-likeness (QED) is 0.422. The van der Waals surface area contributed by atoms with Crippen molar-refractivity contribution in [2.24, 2.45) is 0 Å². The van der Waals surface area contributed by atoms with Gasteiger partial charge in [-0.05, 0) is 18.4 Å². The number of hydrogen-bond donors (Lipinski definition) is 1. The number of nitrogens with zero attached hydrogens (tertiary/aromatic N) is 3. The van der Waals surface area contributed by atoms with E-state index in [1.165, 1.54) is 7.11 Å². The van der Waals surface area contributed by atoms with Crippen molar-refractivity contribution in [3.05, 3.63) is 46.6 Å². The summed E-state index contributed by atoms with van der Waals surface area (Å²) in [5.41, 5.74) is 1.23. The van der Waals surface area contributed by atoms with Gasteiger partial charge in [-0.3, -0.25) is 0 Å². The third kappa shape index (κ3) is 6.09. The number of carbonyl (C=O) groups is 1. The largest absolute Gasteiger partial charge is 0.465 e. The first-order valence-electron chi connectivity index (χ1n) is 9.79. The Kier molecular flexibility index (Phi) is 9.01. The Balaban J connectivity index is 2.35. The van der Waals surface area contributed by atoms with E-state index in [1.807, 2.05) is 30.3 Å². The van der Waals surface area contributed by atoms with Crippen LogP contribution in [0.4, 0.5) is 11.8 Å². The Morgan fingerprint density at radius 1 is 1.11 bits per heavy atom. The summed E-state index contributed by atoms with van der Waals surface area (Å²) in [6, 6.07) is 9.90. The highest BCUT2D eigenvalue weighted by Gasteiger charge is 2.22. The molecular formula is C21H29ClN4O2. The summed E-state index contributed by atoms with van der Waals surface area (Å²) in [4.78, 5) is 23.4. The van der Waals surface area contributed by atoms with Crippen LogP contribution < -0.4 is 10.2 Å². The monoisotopic (exact) mass is 404 g/mol. The van der Waals surface area contributed by atoms with Crippen molar-refractivity contribution in [2.75, 3.05) is 30.4 Å². The van der Waals surface area contributed by atoms with Crippen molar-refractivity contribution in [1.29, 1.82) is 0 Å². The lowest BCUT2D eigenvalue weighted by Crippen LogP contribution is -2.28. The second kappa shape index (κ2) is 11.5. The lowest BCUT2D eigenvalue weighted by molar-refractivity contribution is 0.0601. The molecule has 2 aromatic rings. The number of benzene rings is 1. The standard InChI is InChI=1S/C21H29ClN4O2/c1-4-6-13-26(14-7-5-2)21-24-18(22)17(20(27)28-3)19(25-21)23-15-16-11-9-8-10-12-16/h8-12H,4-7,13-15H2,1-3H3,(H,23,24,25). The molecule has 0 saturated carbocycles. The molecule has 1 aromatic heterocycles. The Morgan fingerprint density at radius 3 is 2.32 bits per heavy atom. The summed E-state index contributed by atoms with van der Waals surface area (Å²) in [6.45, 7) is 6.52. The number of hydrogen-bond acceptors (Lipinski definition) is 6. The molecule has 152 valence electrons. The van der Waals surface area contributed by atoms with E-state index in [0.717, 1.165) is 44.3 Å². The lowest BCUT2D eigenvalue weighted by atomic mass is 10.2. The fourth-order valence-corrected chi connectivity index (χ4v) is 3.01. The summed E-state index contributed by atoms with van der Waals surface area (Å²) in [6.07, 6.45) is 4.23. The molecule has 0 fully saturated rings. The van der Waals surface area contributed by atoms with Crippen LogP contribution in [0.5, 0.6) is 0 Å². The Labute approximate surface area is 172 Å². The lowest BCUT2D eigenvalue weighted by Gasteiger charge is -2.24. The third-order valence-electron chi connectivity index (χ3n) is 4.39. The summed E-state index contributed by atoms with van der Waals surface area (Å²) < 4.78 is 4.88. The van der Waals surface area contributed by atoms with Gasteiger partial charge in [0.05, 0.1) is 7.11 Å². The fourth-order valence-electron chi connectivity index (χ4n) is 2.77. The van der Waals surface area contributed by atoms with E-state index in [2.05, 4.69) is 34.0 Å². The zero-order valence-corrected chi connectivity index (χ0v) is 17.6. The first kappa shape index (κ1) is 22.0. The zero-order valence-electron chi connectivity index (χ0n) is 16.9. The van der Waals surface area contributed by atoms with Gasteiger partial charge in [-0.25, -0.2) is 4.79 Å². The first-order valence-corrected chi connectivity index (χ1v) is 10.2. The van der Waals surface area contributed by atoms with E-state index < -0.39 is 5.97 Å². The normalized spacial score (nSPS) is 10.6. The molecular weight excluding hydrogens is 376 g/mol. The molecule has 6 nitrogen and oxygen atoms in total. The number of ether oxygens (including phenoxy) is 1. The molecule has 28 heavy (non-hydrogen) atoms. The van der Waals surface area contributed by atoms with Crippen LogP contribution in [-0.2, 0) is 11.3 Å². The van der Waals surface area contributed by atoms with Crippen molar-refractivity contribution in [3.63, 3.8) is 0 Å². The van der Waals surface area contributed by atoms with Crippen molar-refractivity contribution >= 4 is 29.3 Å².